The Labute approximate surface area is 186 Å². The van der Waals surface area contributed by atoms with Crippen molar-refractivity contribution in [2.24, 2.45) is 0 Å². The molecule has 2 amide bonds. The summed E-state index contributed by atoms with van der Waals surface area (Å²) in [6.45, 7) is 0. The van der Waals surface area contributed by atoms with Gasteiger partial charge in [-0.05, 0) is 36.4 Å². The van der Waals surface area contributed by atoms with E-state index in [9.17, 15) is 9.59 Å². The molecule has 4 nitrogen and oxygen atoms in total. The van der Waals surface area contributed by atoms with E-state index < -0.39 is 5.25 Å². The third-order valence-corrected chi connectivity index (χ3v) is 8.09. The summed E-state index contributed by atoms with van der Waals surface area (Å²) in [7, 11) is 0. The van der Waals surface area contributed by atoms with Gasteiger partial charge in [-0.15, -0.1) is 11.3 Å². The van der Waals surface area contributed by atoms with E-state index in [0.717, 1.165) is 24.3 Å². The van der Waals surface area contributed by atoms with Gasteiger partial charge in [-0.3, -0.25) is 9.59 Å². The molecule has 1 aliphatic heterocycles. The molecule has 2 heterocycles. The van der Waals surface area contributed by atoms with Crippen LogP contribution in [0.3, 0.4) is 0 Å². The number of hydrogen-bond acceptors (Lipinski definition) is 6. The number of amides is 2. The van der Waals surface area contributed by atoms with Crippen LogP contribution in [-0.2, 0) is 9.59 Å². The van der Waals surface area contributed by atoms with Crippen LogP contribution in [0.25, 0.3) is 10.2 Å². The summed E-state index contributed by atoms with van der Waals surface area (Å²) in [6, 6.07) is 25.4. The van der Waals surface area contributed by atoms with Crippen molar-refractivity contribution < 1.29 is 9.59 Å². The minimum atomic E-state index is -0.451. The van der Waals surface area contributed by atoms with Crippen LogP contribution in [0.5, 0.6) is 0 Å². The van der Waals surface area contributed by atoms with Crippen molar-refractivity contribution in [2.45, 2.75) is 25.8 Å². The molecule has 30 heavy (non-hydrogen) atoms. The van der Waals surface area contributed by atoms with Gasteiger partial charge in [-0.1, -0.05) is 66.0 Å². The summed E-state index contributed by atoms with van der Waals surface area (Å²) < 4.78 is 1.90. The SMILES string of the molecule is O=C1C[C@H](Sc2nc3ccccc3s2)C(=O)N1c1ccccc1Sc1ccccc1. The Balaban J connectivity index is 1.40. The molecule has 148 valence electrons. The fraction of sp³-hybridized carbons (Fsp3) is 0.0870. The molecule has 0 N–H and O–H groups in total. The van der Waals surface area contributed by atoms with Crippen molar-refractivity contribution in [1.29, 1.82) is 0 Å². The van der Waals surface area contributed by atoms with E-state index >= 15 is 0 Å². The Morgan fingerprint density at radius 3 is 2.47 bits per heavy atom. The predicted octanol–water partition coefficient (Wildman–Crippen LogP) is 5.87. The zero-order valence-corrected chi connectivity index (χ0v) is 18.2. The topological polar surface area (TPSA) is 50.3 Å². The van der Waals surface area contributed by atoms with Crippen molar-refractivity contribution in [3.63, 3.8) is 0 Å². The van der Waals surface area contributed by atoms with Gasteiger partial charge in [0, 0.05) is 16.2 Å². The van der Waals surface area contributed by atoms with Crippen molar-refractivity contribution in [1.82, 2.24) is 4.98 Å². The molecule has 1 aromatic heterocycles. The molecule has 0 bridgehead atoms. The molecule has 5 rings (SSSR count). The maximum absolute atomic E-state index is 13.2. The van der Waals surface area contributed by atoms with Gasteiger partial charge in [0.1, 0.15) is 5.25 Å². The molecule has 1 atom stereocenters. The van der Waals surface area contributed by atoms with E-state index in [-0.39, 0.29) is 18.2 Å². The molecule has 0 spiro atoms. The van der Waals surface area contributed by atoms with E-state index in [4.69, 9.17) is 0 Å². The quantitative estimate of drug-likeness (QED) is 0.357. The highest BCUT2D eigenvalue weighted by atomic mass is 32.2. The maximum Gasteiger partial charge on any atom is 0.247 e. The Kier molecular flexibility index (Phi) is 5.33. The lowest BCUT2D eigenvalue weighted by molar-refractivity contribution is -0.121. The normalized spacial score (nSPS) is 16.5. The van der Waals surface area contributed by atoms with Gasteiger partial charge in [0.2, 0.25) is 11.8 Å². The number of para-hydroxylation sites is 2. The van der Waals surface area contributed by atoms with Crippen molar-refractivity contribution in [3.05, 3.63) is 78.9 Å². The average Bonchev–Trinajstić information content (AvgIpc) is 3.29. The molecule has 1 saturated heterocycles. The molecule has 0 saturated carbocycles. The molecular weight excluding hydrogens is 432 g/mol. The molecular formula is C23H16N2O2S3. The average molecular weight is 449 g/mol. The van der Waals surface area contributed by atoms with Crippen LogP contribution in [0.1, 0.15) is 6.42 Å². The number of thioether (sulfide) groups is 1. The first-order valence-electron chi connectivity index (χ1n) is 9.40. The van der Waals surface area contributed by atoms with Crippen LogP contribution < -0.4 is 4.90 Å². The standard InChI is InChI=1S/C23H16N2O2S3/c26-21-14-20(30-23-24-16-10-4-6-12-18(16)29-23)22(27)25(21)17-11-5-7-13-19(17)28-15-8-2-1-3-9-15/h1-13,20H,14H2/t20-/m0/s1. The summed E-state index contributed by atoms with van der Waals surface area (Å²) in [5, 5.41) is -0.451. The van der Waals surface area contributed by atoms with Gasteiger partial charge in [0.25, 0.3) is 0 Å². The lowest BCUT2D eigenvalue weighted by Crippen LogP contribution is -2.31. The van der Waals surface area contributed by atoms with Crippen LogP contribution in [0.15, 0.2) is 93.0 Å². The van der Waals surface area contributed by atoms with Crippen molar-refractivity contribution in [3.8, 4) is 0 Å². The van der Waals surface area contributed by atoms with Crippen LogP contribution >= 0.6 is 34.9 Å². The summed E-state index contributed by atoms with van der Waals surface area (Å²) in [4.78, 5) is 33.9. The lowest BCUT2D eigenvalue weighted by Gasteiger charge is -2.18. The molecule has 3 aromatic carbocycles. The number of hydrogen-bond donors (Lipinski definition) is 0. The second-order valence-corrected chi connectivity index (χ2v) is 10.3. The first kappa shape index (κ1) is 19.4. The van der Waals surface area contributed by atoms with E-state index in [0.29, 0.717) is 5.69 Å². The van der Waals surface area contributed by atoms with E-state index in [1.165, 1.54) is 16.7 Å². The molecule has 0 unspecified atom stereocenters. The number of fused-ring (bicyclic) bond motifs is 1. The minimum absolute atomic E-state index is 0.167. The van der Waals surface area contributed by atoms with E-state index in [1.807, 2.05) is 78.9 Å². The number of carbonyl (C=O) groups is 2. The fourth-order valence-electron chi connectivity index (χ4n) is 3.32. The van der Waals surface area contributed by atoms with E-state index in [2.05, 4.69) is 4.98 Å². The Bertz CT molecular complexity index is 1210. The number of rotatable bonds is 5. The summed E-state index contributed by atoms with van der Waals surface area (Å²) >= 11 is 4.49. The van der Waals surface area contributed by atoms with Gasteiger partial charge in [-0.25, -0.2) is 9.88 Å². The Hall–Kier alpha value is -2.61. The zero-order valence-electron chi connectivity index (χ0n) is 15.7. The lowest BCUT2D eigenvalue weighted by atomic mass is 10.3. The smallest absolute Gasteiger partial charge is 0.247 e. The second kappa shape index (κ2) is 8.26. The molecule has 4 aromatic rings. The number of anilines is 1. The largest absolute Gasteiger partial charge is 0.274 e. The van der Waals surface area contributed by atoms with Gasteiger partial charge < -0.3 is 0 Å². The predicted molar refractivity (Wildman–Crippen MR) is 123 cm³/mol. The van der Waals surface area contributed by atoms with Gasteiger partial charge in [0.15, 0.2) is 4.34 Å². The third-order valence-electron chi connectivity index (χ3n) is 4.70. The number of nitrogens with zero attached hydrogens (tertiary/aromatic N) is 2. The number of benzene rings is 3. The summed E-state index contributed by atoms with van der Waals surface area (Å²) in [6.07, 6.45) is 0.184. The Morgan fingerprint density at radius 2 is 1.63 bits per heavy atom. The van der Waals surface area contributed by atoms with Gasteiger partial charge in [-0.2, -0.15) is 0 Å². The number of aromatic nitrogens is 1. The first-order chi connectivity index (χ1) is 14.7. The highest BCUT2D eigenvalue weighted by Crippen LogP contribution is 2.41. The van der Waals surface area contributed by atoms with Crippen LogP contribution in [0.2, 0.25) is 0 Å². The highest BCUT2D eigenvalue weighted by molar-refractivity contribution is 8.02. The molecule has 1 fully saturated rings. The monoisotopic (exact) mass is 448 g/mol. The first-order valence-corrected chi connectivity index (χ1v) is 11.9. The minimum Gasteiger partial charge on any atom is -0.274 e. The maximum atomic E-state index is 13.2. The zero-order chi connectivity index (χ0) is 20.5. The van der Waals surface area contributed by atoms with Crippen LogP contribution in [-0.4, -0.2) is 22.0 Å². The second-order valence-electron chi connectivity index (χ2n) is 6.71. The Morgan fingerprint density at radius 1 is 0.900 bits per heavy atom. The third kappa shape index (κ3) is 3.76. The summed E-state index contributed by atoms with van der Waals surface area (Å²) in [5.74, 6) is -0.343. The molecule has 1 aliphatic rings. The van der Waals surface area contributed by atoms with Crippen molar-refractivity contribution >= 4 is 62.6 Å². The molecule has 7 heteroatoms. The molecule has 0 radical (unpaired) electrons. The van der Waals surface area contributed by atoms with Crippen LogP contribution in [0.4, 0.5) is 5.69 Å². The van der Waals surface area contributed by atoms with Crippen molar-refractivity contribution in [2.75, 3.05) is 4.90 Å². The number of imide groups is 1. The summed E-state index contributed by atoms with van der Waals surface area (Å²) in [5.41, 5.74) is 1.57. The van der Waals surface area contributed by atoms with Gasteiger partial charge >= 0.3 is 0 Å². The fourth-order valence-corrected chi connectivity index (χ4v) is 6.61. The number of thiazole rings is 1. The van der Waals surface area contributed by atoms with E-state index in [1.54, 1.807) is 23.1 Å². The highest BCUT2D eigenvalue weighted by Gasteiger charge is 2.41. The number of carbonyl (C=O) groups excluding carboxylic acids is 2. The van der Waals surface area contributed by atoms with Gasteiger partial charge in [0.05, 0.1) is 15.9 Å². The van der Waals surface area contributed by atoms with Crippen LogP contribution in [0, 0.1) is 0 Å². The molecule has 0 aliphatic carbocycles.